The molecule has 3 aromatic rings. The van der Waals surface area contributed by atoms with Gasteiger partial charge in [-0.25, -0.2) is 4.98 Å². The number of nitrogens with zero attached hydrogens (tertiary/aromatic N) is 2. The lowest BCUT2D eigenvalue weighted by Gasteiger charge is -2.13. The Balaban J connectivity index is 1.65. The van der Waals surface area contributed by atoms with Crippen molar-refractivity contribution in [3.63, 3.8) is 0 Å². The zero-order chi connectivity index (χ0) is 21.3. The lowest BCUT2D eigenvalue weighted by atomic mass is 10.1. The highest BCUT2D eigenvalue weighted by atomic mass is 16.5. The van der Waals surface area contributed by atoms with Crippen LogP contribution in [-0.2, 0) is 6.54 Å². The summed E-state index contributed by atoms with van der Waals surface area (Å²) in [4.78, 5) is 29.4. The molecule has 0 saturated carbocycles. The lowest BCUT2D eigenvalue weighted by molar-refractivity contribution is 0.0953. The largest absolute Gasteiger partial charge is 0.497 e. The third-order valence-corrected chi connectivity index (χ3v) is 4.47. The van der Waals surface area contributed by atoms with Crippen molar-refractivity contribution in [1.29, 1.82) is 0 Å². The molecule has 0 aliphatic heterocycles. The first-order valence-electron chi connectivity index (χ1n) is 9.48. The van der Waals surface area contributed by atoms with Gasteiger partial charge in [-0.1, -0.05) is 12.1 Å². The molecule has 3 rings (SSSR count). The van der Waals surface area contributed by atoms with Gasteiger partial charge < -0.3 is 24.7 Å². The summed E-state index contributed by atoms with van der Waals surface area (Å²) in [6.07, 6.45) is 6.09. The number of methoxy groups -OCH3 is 2. The Morgan fingerprint density at radius 2 is 1.77 bits per heavy atom. The number of ether oxygens (including phenoxy) is 2. The lowest BCUT2D eigenvalue weighted by Crippen LogP contribution is -2.26. The Morgan fingerprint density at radius 1 is 1.03 bits per heavy atom. The Labute approximate surface area is 174 Å². The molecule has 2 N–H and O–H groups in total. The molecule has 2 amide bonds. The maximum atomic E-state index is 12.8. The van der Waals surface area contributed by atoms with E-state index in [1.165, 1.54) is 14.2 Å². The Bertz CT molecular complexity index is 980. The summed E-state index contributed by atoms with van der Waals surface area (Å²) in [6, 6.07) is 11.8. The van der Waals surface area contributed by atoms with E-state index in [-0.39, 0.29) is 11.8 Å². The summed E-state index contributed by atoms with van der Waals surface area (Å²) in [5.41, 5.74) is 1.18. The monoisotopic (exact) mass is 408 g/mol. The smallest absolute Gasteiger partial charge is 0.255 e. The van der Waals surface area contributed by atoms with E-state index in [9.17, 15) is 9.59 Å². The molecule has 0 unspecified atom stereocenters. The number of imidazole rings is 1. The predicted molar refractivity (Wildman–Crippen MR) is 113 cm³/mol. The second-order valence-corrected chi connectivity index (χ2v) is 6.51. The minimum absolute atomic E-state index is 0.250. The average Bonchev–Trinajstić information content (AvgIpc) is 3.30. The van der Waals surface area contributed by atoms with Crippen molar-refractivity contribution in [3.8, 4) is 11.5 Å². The fourth-order valence-corrected chi connectivity index (χ4v) is 2.90. The van der Waals surface area contributed by atoms with E-state index in [0.717, 1.165) is 13.0 Å². The molecule has 156 valence electrons. The second kappa shape index (κ2) is 10.1. The van der Waals surface area contributed by atoms with Gasteiger partial charge >= 0.3 is 0 Å². The SMILES string of the molecule is COc1cc(OC)cc(C(=O)Nc2ccccc2C(=O)NCCCn2ccnc2)c1. The molecule has 0 aliphatic carbocycles. The number of aromatic nitrogens is 2. The molecule has 2 aromatic carbocycles. The highest BCUT2D eigenvalue weighted by Crippen LogP contribution is 2.24. The van der Waals surface area contributed by atoms with Crippen LogP contribution in [0.4, 0.5) is 5.69 Å². The van der Waals surface area contributed by atoms with Gasteiger partial charge in [-0.3, -0.25) is 9.59 Å². The Kier molecular flexibility index (Phi) is 7.05. The second-order valence-electron chi connectivity index (χ2n) is 6.51. The van der Waals surface area contributed by atoms with Gasteiger partial charge in [0.15, 0.2) is 0 Å². The van der Waals surface area contributed by atoms with Crippen LogP contribution in [-0.4, -0.2) is 42.1 Å². The number of rotatable bonds is 9. The number of amides is 2. The number of nitrogens with one attached hydrogen (secondary N) is 2. The van der Waals surface area contributed by atoms with Crippen LogP contribution in [0, 0.1) is 0 Å². The van der Waals surface area contributed by atoms with E-state index in [0.29, 0.717) is 34.9 Å². The van der Waals surface area contributed by atoms with Gasteiger partial charge in [0, 0.05) is 37.1 Å². The van der Waals surface area contributed by atoms with Crippen molar-refractivity contribution < 1.29 is 19.1 Å². The molecular formula is C22H24N4O4. The van der Waals surface area contributed by atoms with Gasteiger partial charge in [0.25, 0.3) is 11.8 Å². The number of hydrogen-bond donors (Lipinski definition) is 2. The van der Waals surface area contributed by atoms with Crippen LogP contribution in [0.15, 0.2) is 61.2 Å². The number of carbonyl (C=O) groups excluding carboxylic acids is 2. The number of hydrogen-bond acceptors (Lipinski definition) is 5. The van der Waals surface area contributed by atoms with Crippen LogP contribution in [0.25, 0.3) is 0 Å². The summed E-state index contributed by atoms with van der Waals surface area (Å²) in [7, 11) is 3.03. The van der Waals surface area contributed by atoms with Gasteiger partial charge in [0.05, 0.1) is 31.8 Å². The van der Waals surface area contributed by atoms with Gasteiger partial charge in [0.1, 0.15) is 11.5 Å². The van der Waals surface area contributed by atoms with Crippen LogP contribution >= 0.6 is 0 Å². The fraction of sp³-hybridized carbons (Fsp3) is 0.227. The first-order chi connectivity index (χ1) is 14.6. The number of carbonyl (C=O) groups is 2. The molecule has 0 radical (unpaired) electrons. The normalized spacial score (nSPS) is 10.3. The fourth-order valence-electron chi connectivity index (χ4n) is 2.90. The van der Waals surface area contributed by atoms with Crippen LogP contribution in [0.5, 0.6) is 11.5 Å². The molecule has 8 heteroatoms. The Morgan fingerprint density at radius 3 is 2.43 bits per heavy atom. The van der Waals surface area contributed by atoms with Gasteiger partial charge in [-0.2, -0.15) is 0 Å². The van der Waals surface area contributed by atoms with Gasteiger partial charge in [-0.05, 0) is 30.7 Å². The third-order valence-electron chi connectivity index (χ3n) is 4.47. The van der Waals surface area contributed by atoms with E-state index < -0.39 is 0 Å². The van der Waals surface area contributed by atoms with E-state index in [1.807, 2.05) is 10.8 Å². The van der Waals surface area contributed by atoms with Crippen molar-refractivity contribution in [1.82, 2.24) is 14.9 Å². The molecule has 1 heterocycles. The van der Waals surface area contributed by atoms with Crippen molar-refractivity contribution in [2.45, 2.75) is 13.0 Å². The van der Waals surface area contributed by atoms with E-state index in [1.54, 1.807) is 55.0 Å². The van der Waals surface area contributed by atoms with Crippen LogP contribution in [0.1, 0.15) is 27.1 Å². The summed E-state index contributed by atoms with van der Waals surface area (Å²) in [6.45, 7) is 1.27. The number of aryl methyl sites for hydroxylation is 1. The molecular weight excluding hydrogens is 384 g/mol. The van der Waals surface area contributed by atoms with Crippen LogP contribution < -0.4 is 20.1 Å². The predicted octanol–water partition coefficient (Wildman–Crippen LogP) is 2.97. The molecule has 1 aromatic heterocycles. The maximum absolute atomic E-state index is 12.8. The molecule has 8 nitrogen and oxygen atoms in total. The van der Waals surface area contributed by atoms with Gasteiger partial charge in [0.2, 0.25) is 0 Å². The zero-order valence-corrected chi connectivity index (χ0v) is 16.9. The van der Waals surface area contributed by atoms with Crippen molar-refractivity contribution in [2.24, 2.45) is 0 Å². The summed E-state index contributed by atoms with van der Waals surface area (Å²) in [5.74, 6) is 0.388. The molecule has 0 spiro atoms. The first-order valence-corrected chi connectivity index (χ1v) is 9.48. The molecule has 0 bridgehead atoms. The first kappa shape index (κ1) is 20.9. The summed E-state index contributed by atoms with van der Waals surface area (Å²) < 4.78 is 12.4. The number of anilines is 1. The summed E-state index contributed by atoms with van der Waals surface area (Å²) in [5, 5.41) is 5.69. The van der Waals surface area contributed by atoms with Crippen molar-refractivity contribution >= 4 is 17.5 Å². The zero-order valence-electron chi connectivity index (χ0n) is 16.9. The highest BCUT2D eigenvalue weighted by Gasteiger charge is 2.15. The minimum Gasteiger partial charge on any atom is -0.497 e. The van der Waals surface area contributed by atoms with Crippen molar-refractivity contribution in [3.05, 3.63) is 72.3 Å². The average molecular weight is 408 g/mol. The molecule has 0 aliphatic rings. The van der Waals surface area contributed by atoms with E-state index >= 15 is 0 Å². The van der Waals surface area contributed by atoms with Crippen LogP contribution in [0.2, 0.25) is 0 Å². The quantitative estimate of drug-likeness (QED) is 0.531. The minimum atomic E-state index is -0.368. The third kappa shape index (κ3) is 5.38. The van der Waals surface area contributed by atoms with Crippen molar-refractivity contribution in [2.75, 3.05) is 26.1 Å². The standard InChI is InChI=1S/C22H24N4O4/c1-29-17-12-16(13-18(14-17)30-2)21(27)25-20-7-4-3-6-19(20)22(28)24-8-5-10-26-11-9-23-15-26/h3-4,6-7,9,11-15H,5,8,10H2,1-2H3,(H,24,28)(H,25,27). The number of benzene rings is 2. The maximum Gasteiger partial charge on any atom is 0.255 e. The molecule has 0 fully saturated rings. The molecule has 0 atom stereocenters. The van der Waals surface area contributed by atoms with Gasteiger partial charge in [-0.15, -0.1) is 0 Å². The molecule has 0 saturated heterocycles. The molecule has 30 heavy (non-hydrogen) atoms. The summed E-state index contributed by atoms with van der Waals surface area (Å²) >= 11 is 0. The van der Waals surface area contributed by atoms with Crippen LogP contribution in [0.3, 0.4) is 0 Å². The Hall–Kier alpha value is -3.81. The highest BCUT2D eigenvalue weighted by molar-refractivity contribution is 6.09. The number of para-hydroxylation sites is 1. The van der Waals surface area contributed by atoms with E-state index in [2.05, 4.69) is 15.6 Å². The van der Waals surface area contributed by atoms with E-state index in [4.69, 9.17) is 9.47 Å². The topological polar surface area (TPSA) is 94.5 Å².